The first-order valence-corrected chi connectivity index (χ1v) is 12.9. The summed E-state index contributed by atoms with van der Waals surface area (Å²) in [5, 5.41) is 3.76. The minimum atomic E-state index is -0.401. The molecule has 9 heteroatoms. The van der Waals surface area contributed by atoms with Crippen molar-refractivity contribution in [3.8, 4) is 5.75 Å². The maximum atomic E-state index is 11.9. The van der Waals surface area contributed by atoms with Gasteiger partial charge in [-0.15, -0.1) is 0 Å². The molecule has 0 aliphatic carbocycles. The van der Waals surface area contributed by atoms with Crippen molar-refractivity contribution in [1.82, 2.24) is 19.9 Å². The Morgan fingerprint density at radius 2 is 1.84 bits per heavy atom. The van der Waals surface area contributed by atoms with Crippen LogP contribution in [0.4, 0.5) is 10.6 Å². The van der Waals surface area contributed by atoms with Crippen LogP contribution in [0, 0.1) is 0 Å². The molecule has 0 radical (unpaired) electrons. The van der Waals surface area contributed by atoms with Crippen LogP contribution in [0.2, 0.25) is 0 Å². The Kier molecular flexibility index (Phi) is 8.68. The average molecular weight is 520 g/mol. The number of ether oxygens (including phenoxy) is 3. The standard InChI is InChI=1S/C29H37N5O4/c1-29(2,3)33-28(35)37-16-9-8-15-34-24(14-17-36-4)32-25-26(34)22-13-12-21(18-23(22)31-27(25)30)38-19-20-10-6-5-7-11-20/h5-7,10-13,18H,8-9,14-17,19H2,1-4H3,(H2,30,31)(H,33,35). The number of unbranched alkanes of at least 4 members (excludes halogenated alkanes) is 1. The fraction of sp³-hybridized carbons (Fsp3) is 0.414. The summed E-state index contributed by atoms with van der Waals surface area (Å²) in [4.78, 5) is 21.4. The molecule has 0 aliphatic heterocycles. The van der Waals surface area contributed by atoms with Gasteiger partial charge in [-0.25, -0.2) is 14.8 Å². The highest BCUT2D eigenvalue weighted by Gasteiger charge is 2.18. The highest BCUT2D eigenvalue weighted by molar-refractivity contribution is 6.06. The van der Waals surface area contributed by atoms with Crippen LogP contribution >= 0.6 is 0 Å². The molecular weight excluding hydrogens is 482 g/mol. The number of hydrogen-bond donors (Lipinski definition) is 2. The molecule has 0 unspecified atom stereocenters. The number of aromatic nitrogens is 3. The minimum absolute atomic E-state index is 0.329. The number of carbonyl (C=O) groups excluding carboxylic acids is 1. The number of pyridine rings is 1. The van der Waals surface area contributed by atoms with Crippen LogP contribution in [0.5, 0.6) is 5.75 Å². The summed E-state index contributed by atoms with van der Waals surface area (Å²) in [7, 11) is 1.68. The summed E-state index contributed by atoms with van der Waals surface area (Å²) in [6.07, 6.45) is 1.77. The zero-order valence-corrected chi connectivity index (χ0v) is 22.6. The Morgan fingerprint density at radius 3 is 2.58 bits per heavy atom. The molecule has 0 atom stereocenters. The molecule has 2 aromatic heterocycles. The van der Waals surface area contributed by atoms with Crippen molar-refractivity contribution in [3.05, 3.63) is 59.9 Å². The number of methoxy groups -OCH3 is 1. The molecule has 0 bridgehead atoms. The topological polar surface area (TPSA) is 114 Å². The van der Waals surface area contributed by atoms with E-state index in [0.29, 0.717) is 44.1 Å². The zero-order valence-electron chi connectivity index (χ0n) is 22.6. The molecule has 0 aliphatic rings. The molecule has 0 saturated heterocycles. The van der Waals surface area contributed by atoms with Crippen LogP contribution in [0.15, 0.2) is 48.5 Å². The lowest BCUT2D eigenvalue weighted by Gasteiger charge is -2.20. The van der Waals surface area contributed by atoms with E-state index in [0.717, 1.165) is 46.4 Å². The molecule has 3 N–H and O–H groups in total. The molecule has 2 aromatic carbocycles. The smallest absolute Gasteiger partial charge is 0.407 e. The van der Waals surface area contributed by atoms with E-state index in [-0.39, 0.29) is 5.54 Å². The van der Waals surface area contributed by atoms with Gasteiger partial charge in [-0.2, -0.15) is 0 Å². The quantitative estimate of drug-likeness (QED) is 0.261. The predicted octanol–water partition coefficient (Wildman–Crippen LogP) is 5.24. The van der Waals surface area contributed by atoms with Gasteiger partial charge in [0.15, 0.2) is 5.82 Å². The summed E-state index contributed by atoms with van der Waals surface area (Å²) in [5.74, 6) is 2.00. The van der Waals surface area contributed by atoms with Gasteiger partial charge in [0.05, 0.1) is 24.2 Å². The number of aryl methyl sites for hydroxylation is 1. The highest BCUT2D eigenvalue weighted by Crippen LogP contribution is 2.31. The third kappa shape index (κ3) is 6.92. The minimum Gasteiger partial charge on any atom is -0.489 e. The van der Waals surface area contributed by atoms with Gasteiger partial charge in [-0.1, -0.05) is 30.3 Å². The van der Waals surface area contributed by atoms with E-state index in [4.69, 9.17) is 24.9 Å². The average Bonchev–Trinajstić information content (AvgIpc) is 3.24. The number of nitrogens with zero attached hydrogens (tertiary/aromatic N) is 3. The largest absolute Gasteiger partial charge is 0.489 e. The van der Waals surface area contributed by atoms with E-state index in [1.807, 2.05) is 69.3 Å². The highest BCUT2D eigenvalue weighted by atomic mass is 16.5. The number of anilines is 1. The number of alkyl carbamates (subject to hydrolysis) is 1. The zero-order chi connectivity index (χ0) is 27.1. The number of amides is 1. The van der Waals surface area contributed by atoms with Crippen LogP contribution in [0.25, 0.3) is 21.9 Å². The number of nitrogen functional groups attached to an aromatic ring is 1. The van der Waals surface area contributed by atoms with Gasteiger partial charge >= 0.3 is 6.09 Å². The third-order valence-electron chi connectivity index (χ3n) is 6.02. The van der Waals surface area contributed by atoms with Crippen molar-refractivity contribution in [1.29, 1.82) is 0 Å². The van der Waals surface area contributed by atoms with Crippen molar-refractivity contribution in [2.75, 3.05) is 26.1 Å². The lowest BCUT2D eigenvalue weighted by molar-refractivity contribution is 0.135. The van der Waals surface area contributed by atoms with Crippen LogP contribution in [-0.2, 0) is 29.0 Å². The Hall–Kier alpha value is -3.85. The van der Waals surface area contributed by atoms with Gasteiger partial charge in [-0.3, -0.25) is 0 Å². The Bertz CT molecular complexity index is 1380. The summed E-state index contributed by atoms with van der Waals surface area (Å²) in [5.41, 5.74) is 9.53. The van der Waals surface area contributed by atoms with E-state index in [1.165, 1.54) is 0 Å². The van der Waals surface area contributed by atoms with Crippen LogP contribution < -0.4 is 15.8 Å². The number of fused-ring (bicyclic) bond motifs is 3. The summed E-state index contributed by atoms with van der Waals surface area (Å²) in [6, 6.07) is 15.9. The molecule has 202 valence electrons. The second-order valence-electron chi connectivity index (χ2n) is 10.3. The van der Waals surface area contributed by atoms with E-state index in [9.17, 15) is 4.79 Å². The fourth-order valence-electron chi connectivity index (χ4n) is 4.27. The first-order chi connectivity index (χ1) is 18.2. The second kappa shape index (κ2) is 12.1. The van der Waals surface area contributed by atoms with Crippen LogP contribution in [0.1, 0.15) is 45.0 Å². The maximum absolute atomic E-state index is 11.9. The van der Waals surface area contributed by atoms with E-state index >= 15 is 0 Å². The summed E-state index contributed by atoms with van der Waals surface area (Å²) >= 11 is 0. The molecule has 0 fully saturated rings. The van der Waals surface area contributed by atoms with Crippen molar-refractivity contribution in [2.24, 2.45) is 0 Å². The molecule has 9 nitrogen and oxygen atoms in total. The molecular formula is C29H37N5O4. The Labute approximate surface area is 223 Å². The van der Waals surface area contributed by atoms with Gasteiger partial charge in [0.25, 0.3) is 0 Å². The molecule has 4 aromatic rings. The monoisotopic (exact) mass is 519 g/mol. The molecule has 0 spiro atoms. The van der Waals surface area contributed by atoms with Gasteiger partial charge in [-0.05, 0) is 51.3 Å². The fourth-order valence-corrected chi connectivity index (χ4v) is 4.27. The SMILES string of the molecule is COCCc1nc2c(N)nc3cc(OCc4ccccc4)ccc3c2n1CCCCOC(=O)NC(C)(C)C. The number of nitrogens with one attached hydrogen (secondary N) is 1. The molecule has 1 amide bonds. The van der Waals surface area contributed by atoms with Gasteiger partial charge in [0.2, 0.25) is 0 Å². The first-order valence-electron chi connectivity index (χ1n) is 12.9. The normalized spacial score (nSPS) is 11.7. The maximum Gasteiger partial charge on any atom is 0.407 e. The van der Waals surface area contributed by atoms with Crippen molar-refractivity contribution >= 4 is 33.8 Å². The number of rotatable bonds is 11. The molecule has 2 heterocycles. The Balaban J connectivity index is 1.54. The van der Waals surface area contributed by atoms with Gasteiger partial charge < -0.3 is 29.8 Å². The van der Waals surface area contributed by atoms with Gasteiger partial charge in [0, 0.05) is 37.1 Å². The first kappa shape index (κ1) is 27.2. The lowest BCUT2D eigenvalue weighted by atomic mass is 10.1. The van der Waals surface area contributed by atoms with E-state index in [1.54, 1.807) is 7.11 Å². The van der Waals surface area contributed by atoms with Crippen molar-refractivity contribution in [3.63, 3.8) is 0 Å². The third-order valence-corrected chi connectivity index (χ3v) is 6.02. The Morgan fingerprint density at radius 1 is 1.05 bits per heavy atom. The number of nitrogens with two attached hydrogens (primary N) is 1. The van der Waals surface area contributed by atoms with Crippen LogP contribution in [-0.4, -0.2) is 46.5 Å². The van der Waals surface area contributed by atoms with Crippen molar-refractivity contribution in [2.45, 2.75) is 58.7 Å². The van der Waals surface area contributed by atoms with E-state index in [2.05, 4.69) is 14.9 Å². The summed E-state index contributed by atoms with van der Waals surface area (Å²) in [6.45, 7) is 7.82. The lowest BCUT2D eigenvalue weighted by Crippen LogP contribution is -2.41. The number of carbonyl (C=O) groups is 1. The van der Waals surface area contributed by atoms with E-state index < -0.39 is 6.09 Å². The summed E-state index contributed by atoms with van der Waals surface area (Å²) < 4.78 is 18.9. The van der Waals surface area contributed by atoms with Crippen molar-refractivity contribution < 1.29 is 19.0 Å². The molecule has 0 saturated carbocycles. The predicted molar refractivity (Wildman–Crippen MR) is 149 cm³/mol. The number of hydrogen-bond acceptors (Lipinski definition) is 7. The number of benzene rings is 2. The van der Waals surface area contributed by atoms with Gasteiger partial charge in [0.1, 0.15) is 23.7 Å². The second-order valence-corrected chi connectivity index (χ2v) is 10.3. The molecule has 38 heavy (non-hydrogen) atoms. The van der Waals surface area contributed by atoms with Crippen LogP contribution in [0.3, 0.4) is 0 Å². The molecule has 4 rings (SSSR count). The number of imidazole rings is 1.